The maximum atomic E-state index is 15.3. The molecule has 0 bridgehead atoms. The number of nitrogens with one attached hydrogen (secondary N) is 4. The molecule has 4 amide bonds. The Hall–Kier alpha value is -7.42. The highest BCUT2D eigenvalue weighted by Crippen LogP contribution is 2.35. The Morgan fingerprint density at radius 1 is 0.185 bits per heavy atom. The molecule has 0 atom stereocenters. The number of esters is 9. The Kier molecular flexibility index (Phi) is 39.2. The molecule has 0 aliphatic carbocycles. The predicted molar refractivity (Wildman–Crippen MR) is 404 cm³/mol. The van der Waals surface area contributed by atoms with Gasteiger partial charge in [-0.2, -0.15) is 0 Å². The Bertz CT molecular complexity index is 2500. The van der Waals surface area contributed by atoms with Crippen molar-refractivity contribution >= 4 is 83.3 Å². The van der Waals surface area contributed by atoms with Gasteiger partial charge in [0, 0.05) is 106 Å². The molecule has 0 unspecified atom stereocenters. The normalized spacial score (nSPS) is 13.0. The van der Waals surface area contributed by atoms with E-state index >= 15 is 14.4 Å². The molecule has 0 aromatic carbocycles. The van der Waals surface area contributed by atoms with Gasteiger partial charge in [-0.1, -0.05) is 0 Å². The molecule has 622 valence electrons. The van der Waals surface area contributed by atoms with Gasteiger partial charge in [-0.15, -0.1) is 0 Å². The SMILES string of the molecule is CC(C)(C)OC(=O)CCC(CCC(=O)OC(C)(C)C)(CCC(=O)OC(C)(C)C)NC(=O)CCC(CCC(=O)NC(CCC(=O)OC(C)(C)C)(CCC(=O)OC(C)(C)C)CCC(=O)OC(C)(C)C)(CCC(=O)NC(CCC(=O)OC(C)(C)C)(CCC(=O)OC(C)(C)C)CCC(=O)OC(C)(C)C)NC(=O)CCC(=O)O. The average molecular weight is 1540 g/mol. The quantitative estimate of drug-likeness (QED) is 0.0280. The summed E-state index contributed by atoms with van der Waals surface area (Å²) >= 11 is 0. The van der Waals surface area contributed by atoms with Crippen molar-refractivity contribution in [1.82, 2.24) is 21.3 Å². The van der Waals surface area contributed by atoms with Crippen LogP contribution >= 0.6 is 0 Å². The first-order chi connectivity index (χ1) is 48.5. The summed E-state index contributed by atoms with van der Waals surface area (Å²) in [4.78, 5) is 195. The van der Waals surface area contributed by atoms with E-state index in [1.54, 1.807) is 187 Å². The van der Waals surface area contributed by atoms with Gasteiger partial charge in [-0.25, -0.2) is 0 Å². The smallest absolute Gasteiger partial charge is 0.306 e. The van der Waals surface area contributed by atoms with Gasteiger partial charge in [0.15, 0.2) is 0 Å². The fraction of sp³-hybridized carbons (Fsp3) is 0.825. The molecule has 0 aliphatic rings. The topological polar surface area (TPSA) is 390 Å². The zero-order chi connectivity index (χ0) is 84.2. The van der Waals surface area contributed by atoms with Crippen molar-refractivity contribution in [3.63, 3.8) is 0 Å². The number of amides is 4. The number of carbonyl (C=O) groups is 14. The number of carboxylic acid groups (broad SMARTS) is 1. The molecule has 0 saturated carbocycles. The van der Waals surface area contributed by atoms with Crippen LogP contribution in [0.1, 0.15) is 354 Å². The first kappa shape index (κ1) is 101. The monoisotopic (exact) mass is 1540 g/mol. The lowest BCUT2D eigenvalue weighted by Crippen LogP contribution is -2.54. The number of ether oxygens (including phenoxy) is 9. The van der Waals surface area contributed by atoms with E-state index in [0.29, 0.717) is 0 Å². The van der Waals surface area contributed by atoms with Crippen LogP contribution in [0.4, 0.5) is 0 Å². The number of carbonyl (C=O) groups excluding carboxylic acids is 13. The average Bonchev–Trinajstić information content (AvgIpc) is 0.833. The van der Waals surface area contributed by atoms with E-state index in [1.165, 1.54) is 0 Å². The molecule has 0 aromatic rings. The van der Waals surface area contributed by atoms with E-state index in [-0.39, 0.29) is 116 Å². The van der Waals surface area contributed by atoms with Crippen molar-refractivity contribution in [2.24, 2.45) is 0 Å². The Labute approximate surface area is 643 Å². The molecule has 108 heavy (non-hydrogen) atoms. The lowest BCUT2D eigenvalue weighted by molar-refractivity contribution is -0.158. The van der Waals surface area contributed by atoms with Crippen LogP contribution in [0.2, 0.25) is 0 Å². The second kappa shape index (κ2) is 42.1. The van der Waals surface area contributed by atoms with Crippen molar-refractivity contribution in [3.8, 4) is 0 Å². The number of rotatable bonds is 43. The fourth-order valence-electron chi connectivity index (χ4n) is 11.6. The molecule has 0 spiro atoms. The van der Waals surface area contributed by atoms with E-state index in [1.807, 2.05) is 0 Å². The van der Waals surface area contributed by atoms with E-state index in [2.05, 4.69) is 21.3 Å². The number of carboxylic acids is 1. The van der Waals surface area contributed by atoms with Crippen LogP contribution in [-0.4, -0.2) is 161 Å². The molecule has 0 radical (unpaired) electrons. The third kappa shape index (κ3) is 51.8. The van der Waals surface area contributed by atoms with Gasteiger partial charge in [-0.05, 0) is 264 Å². The summed E-state index contributed by atoms with van der Waals surface area (Å²) in [5, 5.41) is 21.9. The molecule has 0 fully saturated rings. The largest absolute Gasteiger partial charge is 0.481 e. The van der Waals surface area contributed by atoms with Crippen molar-refractivity contribution in [3.05, 3.63) is 0 Å². The molecular weight excluding hydrogens is 1400 g/mol. The van der Waals surface area contributed by atoms with E-state index < -0.39 is 207 Å². The van der Waals surface area contributed by atoms with Crippen LogP contribution in [0, 0.1) is 0 Å². The molecule has 0 aliphatic heterocycles. The zero-order valence-electron chi connectivity index (χ0n) is 70.7. The highest BCUT2D eigenvalue weighted by Gasteiger charge is 2.43. The number of aliphatic carboxylic acids is 1. The van der Waals surface area contributed by atoms with Gasteiger partial charge in [0.05, 0.1) is 6.42 Å². The summed E-state index contributed by atoms with van der Waals surface area (Å²) in [5.74, 6) is -10.7. The fourth-order valence-corrected chi connectivity index (χ4v) is 11.6. The first-order valence-corrected chi connectivity index (χ1v) is 37.9. The predicted octanol–water partition coefficient (Wildman–Crippen LogP) is 12.7. The lowest BCUT2D eigenvalue weighted by Gasteiger charge is -2.39. The summed E-state index contributed by atoms with van der Waals surface area (Å²) in [5.41, 5.74) is -15.2. The zero-order valence-corrected chi connectivity index (χ0v) is 70.7. The summed E-state index contributed by atoms with van der Waals surface area (Å²) in [6.45, 7) is 44.9. The van der Waals surface area contributed by atoms with E-state index in [4.69, 9.17) is 42.6 Å². The molecule has 28 heteroatoms. The molecule has 0 aromatic heterocycles. The van der Waals surface area contributed by atoms with Crippen LogP contribution in [0.3, 0.4) is 0 Å². The van der Waals surface area contributed by atoms with Crippen molar-refractivity contribution in [1.29, 1.82) is 0 Å². The molecule has 28 nitrogen and oxygen atoms in total. The number of hydrogen-bond acceptors (Lipinski definition) is 23. The van der Waals surface area contributed by atoms with Crippen LogP contribution in [-0.2, 0) is 110 Å². The van der Waals surface area contributed by atoms with Crippen molar-refractivity contribution in [2.45, 2.75) is 426 Å². The summed E-state index contributed by atoms with van der Waals surface area (Å²) in [6.07, 6.45) is -9.35. The number of hydrogen-bond donors (Lipinski definition) is 5. The van der Waals surface area contributed by atoms with Crippen molar-refractivity contribution < 1.29 is 115 Å². The van der Waals surface area contributed by atoms with Gasteiger partial charge in [-0.3, -0.25) is 67.1 Å². The van der Waals surface area contributed by atoms with Gasteiger partial charge >= 0.3 is 59.7 Å². The third-order valence-corrected chi connectivity index (χ3v) is 15.7. The standard InChI is InChI=1S/C80H138N4O24/c1-68(2,3)100-59(91)33-45-78(46-34-60(92)101-69(4,5)6,47-35-61(93)102-70(7,8)9)82-55(86)30-42-77(81-54(85)28-29-58(89)90,43-31-56(87)83-79(48-36-62(94)103-71(10,11)12,49-37-63(95)104-72(13,14)15)50-38-64(96)105-73(16,17)18)44-32-57(88)84-80(51-39-65(97)106-74(19,20)21,52-40-66(98)107-75(22,23)24)53-41-67(99)108-76(25,26)27/h28-53H2,1-27H3,(H,81,85)(H,82,86)(H,83,87)(H,84,88)(H,89,90). The molecule has 5 N–H and O–H groups in total. The third-order valence-electron chi connectivity index (χ3n) is 15.7. The van der Waals surface area contributed by atoms with Crippen LogP contribution < -0.4 is 21.3 Å². The van der Waals surface area contributed by atoms with Crippen molar-refractivity contribution in [2.75, 3.05) is 0 Å². The summed E-state index contributed by atoms with van der Waals surface area (Å²) in [7, 11) is 0. The minimum Gasteiger partial charge on any atom is -0.481 e. The van der Waals surface area contributed by atoms with E-state index in [9.17, 15) is 57.8 Å². The lowest BCUT2D eigenvalue weighted by atomic mass is 9.80. The highest BCUT2D eigenvalue weighted by atomic mass is 16.6. The van der Waals surface area contributed by atoms with Gasteiger partial charge < -0.3 is 69.0 Å². The van der Waals surface area contributed by atoms with Crippen LogP contribution in [0.25, 0.3) is 0 Å². The van der Waals surface area contributed by atoms with Crippen LogP contribution in [0.5, 0.6) is 0 Å². The molecule has 0 saturated heterocycles. The van der Waals surface area contributed by atoms with Gasteiger partial charge in [0.2, 0.25) is 23.6 Å². The highest BCUT2D eigenvalue weighted by molar-refractivity contribution is 5.84. The summed E-state index contributed by atoms with van der Waals surface area (Å²) < 4.78 is 51.2. The van der Waals surface area contributed by atoms with E-state index in [0.717, 1.165) is 0 Å². The Balaban J connectivity index is 9.18. The maximum Gasteiger partial charge on any atom is 0.306 e. The Morgan fingerprint density at radius 3 is 0.407 bits per heavy atom. The van der Waals surface area contributed by atoms with Gasteiger partial charge in [0.1, 0.15) is 50.4 Å². The molecular formula is C80H138N4O24. The first-order valence-electron chi connectivity index (χ1n) is 37.9. The van der Waals surface area contributed by atoms with Crippen LogP contribution in [0.15, 0.2) is 0 Å². The minimum atomic E-state index is -1.90. The second-order valence-electron chi connectivity index (χ2n) is 37.5. The Morgan fingerprint density at radius 2 is 0.296 bits per heavy atom. The molecule has 0 rings (SSSR count). The minimum absolute atomic E-state index is 0.203. The van der Waals surface area contributed by atoms with Gasteiger partial charge in [0.25, 0.3) is 0 Å². The summed E-state index contributed by atoms with van der Waals surface area (Å²) in [6, 6.07) is 0. The maximum absolute atomic E-state index is 15.3. The second-order valence-corrected chi connectivity index (χ2v) is 37.5. The molecule has 0 heterocycles.